The van der Waals surface area contributed by atoms with Gasteiger partial charge in [-0.15, -0.1) is 0 Å². The van der Waals surface area contributed by atoms with Crippen molar-refractivity contribution in [3.05, 3.63) is 53.6 Å². The summed E-state index contributed by atoms with van der Waals surface area (Å²) < 4.78 is 0. The molecule has 3 fully saturated rings. The van der Waals surface area contributed by atoms with Gasteiger partial charge in [-0.1, -0.05) is 42.0 Å². The van der Waals surface area contributed by atoms with Crippen LogP contribution in [-0.2, 0) is 19.2 Å². The third-order valence-electron chi connectivity index (χ3n) is 7.86. The zero-order valence-corrected chi connectivity index (χ0v) is 17.3. The molecule has 2 aliphatic carbocycles. The summed E-state index contributed by atoms with van der Waals surface area (Å²) in [4.78, 5) is 51.1. The molecule has 2 heterocycles. The van der Waals surface area contributed by atoms with Gasteiger partial charge >= 0.3 is 0 Å². The highest BCUT2D eigenvalue weighted by Crippen LogP contribution is 2.59. The number of carbonyl (C=O) groups excluding carboxylic acids is 4. The minimum absolute atomic E-state index is 0.0598. The summed E-state index contributed by atoms with van der Waals surface area (Å²) in [7, 11) is 0. The van der Waals surface area contributed by atoms with Crippen LogP contribution in [0.4, 0.5) is 0 Å². The number of phenolic OH excluding ortho intramolecular Hbond substituents is 1. The second-order valence-electron chi connectivity index (χ2n) is 9.22. The van der Waals surface area contributed by atoms with E-state index in [1.54, 1.807) is 18.2 Å². The maximum atomic E-state index is 13.0. The van der Waals surface area contributed by atoms with E-state index in [4.69, 9.17) is 0 Å². The van der Waals surface area contributed by atoms with Crippen LogP contribution in [0.2, 0.25) is 0 Å². The largest absolute Gasteiger partial charge is 0.508 e. The Kier molecular flexibility index (Phi) is 4.09. The zero-order chi connectivity index (χ0) is 23.2. The molecule has 168 valence electrons. The lowest BCUT2D eigenvalue weighted by molar-refractivity contribution is -0.174. The van der Waals surface area contributed by atoms with Crippen molar-refractivity contribution >= 4 is 34.4 Å². The maximum absolute atomic E-state index is 13.0. The van der Waals surface area contributed by atoms with Gasteiger partial charge in [-0.05, 0) is 35.6 Å². The molecule has 1 saturated carbocycles. The zero-order valence-electron chi connectivity index (χ0n) is 17.3. The molecule has 0 radical (unpaired) electrons. The summed E-state index contributed by atoms with van der Waals surface area (Å²) in [5.74, 6) is -7.80. The van der Waals surface area contributed by atoms with Crippen LogP contribution in [0.5, 0.6) is 5.75 Å². The predicted octanol–water partition coefficient (Wildman–Crippen LogP) is 1.96. The predicted molar refractivity (Wildman–Crippen MR) is 110 cm³/mol. The Balaban J connectivity index is 1.60. The minimum atomic E-state index is -0.948. The fourth-order valence-corrected chi connectivity index (χ4v) is 6.49. The molecule has 6 atom stereocenters. The minimum Gasteiger partial charge on any atom is -0.508 e. The van der Waals surface area contributed by atoms with Crippen LogP contribution in [0.15, 0.2) is 48.0 Å². The first kappa shape index (κ1) is 20.1. The quantitative estimate of drug-likeness (QED) is 0.345. The van der Waals surface area contributed by atoms with E-state index in [0.717, 1.165) is 5.39 Å². The van der Waals surface area contributed by atoms with Gasteiger partial charge in [0.15, 0.2) is 0 Å². The normalized spacial score (nSPS) is 33.3. The van der Waals surface area contributed by atoms with Crippen molar-refractivity contribution in [3.63, 3.8) is 0 Å². The SMILES string of the molecule is O=C1C2CC=C3C(CC4C(=O)N(O)C(=O)C4C3c3c(O)ccc4ccccc34)C2C(=O)N1O. The van der Waals surface area contributed by atoms with Crippen molar-refractivity contribution in [2.75, 3.05) is 0 Å². The Labute approximate surface area is 187 Å². The molecule has 2 saturated heterocycles. The summed E-state index contributed by atoms with van der Waals surface area (Å²) in [6.07, 6.45) is 2.09. The smallest absolute Gasteiger partial charge is 0.258 e. The number of phenols is 1. The van der Waals surface area contributed by atoms with Gasteiger partial charge in [0.25, 0.3) is 23.6 Å². The maximum Gasteiger partial charge on any atom is 0.258 e. The molecule has 4 aliphatic rings. The number of imide groups is 2. The van der Waals surface area contributed by atoms with E-state index in [1.165, 1.54) is 6.07 Å². The molecule has 9 heteroatoms. The topological polar surface area (TPSA) is 135 Å². The molecule has 6 unspecified atom stereocenters. The van der Waals surface area contributed by atoms with Crippen LogP contribution in [-0.4, -0.2) is 49.3 Å². The molecule has 2 aromatic carbocycles. The first-order valence-electron chi connectivity index (χ1n) is 10.8. The van der Waals surface area contributed by atoms with E-state index in [1.807, 2.05) is 18.2 Å². The Morgan fingerprint density at radius 3 is 2.18 bits per heavy atom. The van der Waals surface area contributed by atoms with Crippen LogP contribution in [0.1, 0.15) is 24.3 Å². The van der Waals surface area contributed by atoms with Crippen molar-refractivity contribution in [3.8, 4) is 5.75 Å². The van der Waals surface area contributed by atoms with Crippen LogP contribution < -0.4 is 0 Å². The number of nitrogens with zero attached hydrogens (tertiary/aromatic N) is 2. The number of hydroxylamine groups is 4. The number of amides is 4. The van der Waals surface area contributed by atoms with E-state index < -0.39 is 59.1 Å². The number of hydrogen-bond acceptors (Lipinski definition) is 7. The lowest BCUT2D eigenvalue weighted by Crippen LogP contribution is -2.43. The number of allylic oxidation sites excluding steroid dienone is 2. The third-order valence-corrected chi connectivity index (χ3v) is 7.86. The summed E-state index contributed by atoms with van der Waals surface area (Å²) >= 11 is 0. The molecular formula is C24H20N2O7. The van der Waals surface area contributed by atoms with Crippen molar-refractivity contribution < 1.29 is 34.7 Å². The Hall–Kier alpha value is -3.56. The molecule has 33 heavy (non-hydrogen) atoms. The fourth-order valence-electron chi connectivity index (χ4n) is 6.49. The standard InChI is InChI=1S/C24H20N2O7/c27-16-8-5-10-3-1-2-4-11(10)18(16)19-12-6-7-13-17(23(30)25(32)21(13)28)14(12)9-15-20(19)24(31)26(33)22(15)29/h1-6,8,13-15,17,19-20,27,32-33H,7,9H2. The number of hydrogen-bond donors (Lipinski definition) is 3. The first-order valence-corrected chi connectivity index (χ1v) is 10.8. The first-order chi connectivity index (χ1) is 15.8. The Morgan fingerprint density at radius 2 is 1.42 bits per heavy atom. The lowest BCUT2D eigenvalue weighted by atomic mass is 9.56. The second-order valence-corrected chi connectivity index (χ2v) is 9.22. The van der Waals surface area contributed by atoms with Gasteiger partial charge < -0.3 is 5.11 Å². The molecular weight excluding hydrogens is 428 g/mol. The van der Waals surface area contributed by atoms with E-state index in [2.05, 4.69) is 0 Å². The van der Waals surface area contributed by atoms with Crippen molar-refractivity contribution in [1.82, 2.24) is 10.1 Å². The van der Waals surface area contributed by atoms with Gasteiger partial charge in [-0.25, -0.2) is 0 Å². The average molecular weight is 448 g/mol. The average Bonchev–Trinajstić information content (AvgIpc) is 3.18. The monoisotopic (exact) mass is 448 g/mol. The van der Waals surface area contributed by atoms with Crippen LogP contribution in [0.3, 0.4) is 0 Å². The van der Waals surface area contributed by atoms with Crippen LogP contribution in [0.25, 0.3) is 10.8 Å². The van der Waals surface area contributed by atoms with Gasteiger partial charge in [0, 0.05) is 11.5 Å². The summed E-state index contributed by atoms with van der Waals surface area (Å²) in [6, 6.07) is 10.6. The Morgan fingerprint density at radius 1 is 0.758 bits per heavy atom. The van der Waals surface area contributed by atoms with Gasteiger partial charge in [-0.3, -0.25) is 29.6 Å². The fraction of sp³-hybridized carbons (Fsp3) is 0.333. The molecule has 9 nitrogen and oxygen atoms in total. The molecule has 0 bridgehead atoms. The van der Waals surface area contributed by atoms with E-state index in [9.17, 15) is 34.7 Å². The lowest BCUT2D eigenvalue weighted by Gasteiger charge is -2.44. The molecule has 0 aromatic heterocycles. The highest BCUT2D eigenvalue weighted by Gasteiger charge is 2.62. The molecule has 3 N–H and O–H groups in total. The summed E-state index contributed by atoms with van der Waals surface area (Å²) in [5.41, 5.74) is 1.13. The van der Waals surface area contributed by atoms with Crippen molar-refractivity contribution in [2.24, 2.45) is 29.6 Å². The molecule has 4 amide bonds. The van der Waals surface area contributed by atoms with Gasteiger partial charge in [-0.2, -0.15) is 10.1 Å². The number of fused-ring (bicyclic) bond motifs is 5. The molecule has 2 aromatic rings. The number of carbonyl (C=O) groups is 4. The van der Waals surface area contributed by atoms with Gasteiger partial charge in [0.05, 0.1) is 23.7 Å². The highest BCUT2D eigenvalue weighted by molar-refractivity contribution is 6.07. The number of benzene rings is 2. The highest BCUT2D eigenvalue weighted by atomic mass is 16.5. The molecule has 0 spiro atoms. The van der Waals surface area contributed by atoms with E-state index in [-0.39, 0.29) is 28.7 Å². The van der Waals surface area contributed by atoms with Gasteiger partial charge in [0.2, 0.25) is 0 Å². The number of rotatable bonds is 1. The summed E-state index contributed by atoms with van der Waals surface area (Å²) in [5, 5.41) is 32.9. The Bertz CT molecular complexity index is 1300. The van der Waals surface area contributed by atoms with Crippen molar-refractivity contribution in [1.29, 1.82) is 0 Å². The molecule has 2 aliphatic heterocycles. The molecule has 6 rings (SSSR count). The van der Waals surface area contributed by atoms with Gasteiger partial charge in [0.1, 0.15) is 5.75 Å². The van der Waals surface area contributed by atoms with Crippen LogP contribution in [0, 0.1) is 29.6 Å². The van der Waals surface area contributed by atoms with E-state index >= 15 is 0 Å². The van der Waals surface area contributed by atoms with Crippen LogP contribution >= 0.6 is 0 Å². The second kappa shape index (κ2) is 6.72. The van der Waals surface area contributed by atoms with Crippen molar-refractivity contribution in [2.45, 2.75) is 18.8 Å². The number of aromatic hydroxyl groups is 1. The van der Waals surface area contributed by atoms with E-state index in [0.29, 0.717) is 16.5 Å². The summed E-state index contributed by atoms with van der Waals surface area (Å²) in [6.45, 7) is 0. The third kappa shape index (κ3) is 2.49.